The number of halogens is 1. The smallest absolute Gasteiger partial charge is 0.274 e. The molecule has 1 saturated heterocycles. The lowest BCUT2D eigenvalue weighted by molar-refractivity contribution is 0.0534. The zero-order valence-corrected chi connectivity index (χ0v) is 13.2. The number of amides is 2. The van der Waals surface area contributed by atoms with Crippen LogP contribution in [0.1, 0.15) is 20.2 Å². The quantitative estimate of drug-likeness (QED) is 0.838. The van der Waals surface area contributed by atoms with Crippen LogP contribution in [0.4, 0.5) is 0 Å². The van der Waals surface area contributed by atoms with Crippen molar-refractivity contribution >= 4 is 34.8 Å². The molecule has 2 amide bonds. The summed E-state index contributed by atoms with van der Waals surface area (Å²) in [6.45, 7) is 1.97. The van der Waals surface area contributed by atoms with Crippen molar-refractivity contribution in [2.24, 2.45) is 0 Å². The van der Waals surface area contributed by atoms with Crippen molar-refractivity contribution in [3.05, 3.63) is 45.6 Å². The van der Waals surface area contributed by atoms with Crippen LogP contribution in [-0.2, 0) is 0 Å². The SMILES string of the molecule is O=C(c1cnccn1)N1CCN(C(=O)c2ccc(Cl)s2)CC1. The first-order valence-electron chi connectivity index (χ1n) is 6.75. The van der Waals surface area contributed by atoms with E-state index in [0.717, 1.165) is 0 Å². The Morgan fingerprint density at radius 3 is 2.27 bits per heavy atom. The highest BCUT2D eigenvalue weighted by atomic mass is 35.5. The second-order valence-corrected chi connectivity index (χ2v) is 6.49. The van der Waals surface area contributed by atoms with Gasteiger partial charge in [0.15, 0.2) is 0 Å². The Morgan fingerprint density at radius 1 is 1.05 bits per heavy atom. The molecule has 114 valence electrons. The molecule has 22 heavy (non-hydrogen) atoms. The molecule has 0 N–H and O–H groups in total. The first-order chi connectivity index (χ1) is 10.6. The second-order valence-electron chi connectivity index (χ2n) is 4.78. The molecule has 0 radical (unpaired) electrons. The van der Waals surface area contributed by atoms with Crippen molar-refractivity contribution in [1.29, 1.82) is 0 Å². The minimum Gasteiger partial charge on any atom is -0.334 e. The number of piperazine rings is 1. The summed E-state index contributed by atoms with van der Waals surface area (Å²) in [5, 5.41) is 0. The highest BCUT2D eigenvalue weighted by molar-refractivity contribution is 7.17. The maximum absolute atomic E-state index is 12.3. The fourth-order valence-corrected chi connectivity index (χ4v) is 3.28. The second kappa shape index (κ2) is 6.41. The summed E-state index contributed by atoms with van der Waals surface area (Å²) in [5.74, 6) is -0.192. The van der Waals surface area contributed by atoms with Gasteiger partial charge in [0.25, 0.3) is 11.8 Å². The third-order valence-electron chi connectivity index (χ3n) is 3.42. The Hall–Kier alpha value is -1.99. The van der Waals surface area contributed by atoms with Crippen LogP contribution in [0, 0.1) is 0 Å². The largest absolute Gasteiger partial charge is 0.334 e. The first-order valence-corrected chi connectivity index (χ1v) is 7.94. The molecule has 1 aliphatic heterocycles. The molecule has 0 atom stereocenters. The molecule has 0 bridgehead atoms. The standard InChI is InChI=1S/C14H13ClN4O2S/c15-12-2-1-11(22-12)14(21)19-7-5-18(6-8-19)13(20)10-9-16-3-4-17-10/h1-4,9H,5-8H2. The molecule has 1 fully saturated rings. The van der Waals surface area contributed by atoms with Gasteiger partial charge >= 0.3 is 0 Å². The van der Waals surface area contributed by atoms with Gasteiger partial charge < -0.3 is 9.80 Å². The lowest BCUT2D eigenvalue weighted by atomic mass is 10.2. The molecule has 1 aliphatic rings. The summed E-state index contributed by atoms with van der Waals surface area (Å²) in [4.78, 5) is 36.5. The number of carbonyl (C=O) groups is 2. The van der Waals surface area contributed by atoms with Crippen LogP contribution < -0.4 is 0 Å². The number of aromatic nitrogens is 2. The van der Waals surface area contributed by atoms with E-state index in [4.69, 9.17) is 11.6 Å². The zero-order chi connectivity index (χ0) is 15.5. The van der Waals surface area contributed by atoms with Crippen LogP contribution in [0.15, 0.2) is 30.7 Å². The Balaban J connectivity index is 1.61. The Labute approximate surface area is 136 Å². The number of nitrogens with zero attached hydrogens (tertiary/aromatic N) is 4. The van der Waals surface area contributed by atoms with E-state index < -0.39 is 0 Å². The Bertz CT molecular complexity index is 683. The van der Waals surface area contributed by atoms with Gasteiger partial charge in [-0.05, 0) is 12.1 Å². The maximum atomic E-state index is 12.3. The highest BCUT2D eigenvalue weighted by Gasteiger charge is 2.26. The van der Waals surface area contributed by atoms with E-state index in [1.54, 1.807) is 21.9 Å². The van der Waals surface area contributed by atoms with Crippen LogP contribution in [0.3, 0.4) is 0 Å². The van der Waals surface area contributed by atoms with Crippen LogP contribution in [0.5, 0.6) is 0 Å². The number of carbonyl (C=O) groups excluding carboxylic acids is 2. The molecule has 0 aromatic carbocycles. The van der Waals surface area contributed by atoms with Crippen molar-refractivity contribution < 1.29 is 9.59 Å². The van der Waals surface area contributed by atoms with E-state index in [2.05, 4.69) is 9.97 Å². The summed E-state index contributed by atoms with van der Waals surface area (Å²) < 4.78 is 0.597. The van der Waals surface area contributed by atoms with Crippen LogP contribution in [0.2, 0.25) is 4.34 Å². The van der Waals surface area contributed by atoms with Gasteiger partial charge in [-0.1, -0.05) is 11.6 Å². The predicted octanol–water partition coefficient (Wildman–Crippen LogP) is 1.79. The van der Waals surface area contributed by atoms with Crippen molar-refractivity contribution in [1.82, 2.24) is 19.8 Å². The number of rotatable bonds is 2. The first kappa shape index (κ1) is 14.9. The molecule has 0 aliphatic carbocycles. The van der Waals surface area contributed by atoms with Crippen molar-refractivity contribution in [2.75, 3.05) is 26.2 Å². The molecule has 6 nitrogen and oxygen atoms in total. The van der Waals surface area contributed by atoms with E-state index >= 15 is 0 Å². The fraction of sp³-hybridized carbons (Fsp3) is 0.286. The minimum absolute atomic E-state index is 0.0384. The molecule has 3 heterocycles. The fourth-order valence-electron chi connectivity index (χ4n) is 2.27. The summed E-state index contributed by atoms with van der Waals surface area (Å²) in [6.07, 6.45) is 4.47. The topological polar surface area (TPSA) is 66.4 Å². The minimum atomic E-state index is -0.153. The van der Waals surface area contributed by atoms with Crippen molar-refractivity contribution in [2.45, 2.75) is 0 Å². The molecule has 0 saturated carbocycles. The van der Waals surface area contributed by atoms with Gasteiger partial charge in [0, 0.05) is 38.6 Å². The van der Waals surface area contributed by atoms with Gasteiger partial charge in [0.05, 0.1) is 15.4 Å². The van der Waals surface area contributed by atoms with E-state index in [1.165, 1.54) is 29.9 Å². The molecule has 0 spiro atoms. The van der Waals surface area contributed by atoms with E-state index in [0.29, 0.717) is 41.1 Å². The predicted molar refractivity (Wildman–Crippen MR) is 83.2 cm³/mol. The summed E-state index contributed by atoms with van der Waals surface area (Å²) >= 11 is 7.13. The zero-order valence-electron chi connectivity index (χ0n) is 11.6. The van der Waals surface area contributed by atoms with Crippen LogP contribution in [0.25, 0.3) is 0 Å². The van der Waals surface area contributed by atoms with Gasteiger partial charge in [-0.15, -0.1) is 11.3 Å². The summed E-state index contributed by atoms with van der Waals surface area (Å²) in [7, 11) is 0. The van der Waals surface area contributed by atoms with E-state index in [9.17, 15) is 9.59 Å². The van der Waals surface area contributed by atoms with Crippen molar-refractivity contribution in [3.63, 3.8) is 0 Å². The van der Waals surface area contributed by atoms with Gasteiger partial charge in [-0.2, -0.15) is 0 Å². The lowest BCUT2D eigenvalue weighted by Crippen LogP contribution is -2.50. The Morgan fingerprint density at radius 2 is 1.73 bits per heavy atom. The number of hydrogen-bond donors (Lipinski definition) is 0. The normalized spacial score (nSPS) is 15.0. The molecule has 3 rings (SSSR count). The van der Waals surface area contributed by atoms with Crippen molar-refractivity contribution in [3.8, 4) is 0 Å². The molecule has 8 heteroatoms. The maximum Gasteiger partial charge on any atom is 0.274 e. The van der Waals surface area contributed by atoms with Gasteiger partial charge in [0.1, 0.15) is 5.69 Å². The molecule has 2 aromatic heterocycles. The average molecular weight is 337 g/mol. The molecule has 0 unspecified atom stereocenters. The molecule has 2 aromatic rings. The monoisotopic (exact) mass is 336 g/mol. The number of thiophene rings is 1. The highest BCUT2D eigenvalue weighted by Crippen LogP contribution is 2.23. The molecular formula is C14H13ClN4O2S. The van der Waals surface area contributed by atoms with Gasteiger partial charge in [-0.3, -0.25) is 14.6 Å². The molecular weight excluding hydrogens is 324 g/mol. The Kier molecular flexibility index (Phi) is 4.35. The van der Waals surface area contributed by atoms with Gasteiger partial charge in [-0.25, -0.2) is 4.98 Å². The van der Waals surface area contributed by atoms with Gasteiger partial charge in [0.2, 0.25) is 0 Å². The van der Waals surface area contributed by atoms with E-state index in [-0.39, 0.29) is 11.8 Å². The van der Waals surface area contributed by atoms with E-state index in [1.807, 2.05) is 0 Å². The van der Waals surface area contributed by atoms with Crippen LogP contribution in [-0.4, -0.2) is 57.8 Å². The third-order valence-corrected chi connectivity index (χ3v) is 4.64. The third kappa shape index (κ3) is 3.10. The summed E-state index contributed by atoms with van der Waals surface area (Å²) in [5.41, 5.74) is 0.326. The average Bonchev–Trinajstić information content (AvgIpc) is 3.01. The number of hydrogen-bond acceptors (Lipinski definition) is 5. The summed E-state index contributed by atoms with van der Waals surface area (Å²) in [6, 6.07) is 3.44. The van der Waals surface area contributed by atoms with Crippen LogP contribution >= 0.6 is 22.9 Å². The lowest BCUT2D eigenvalue weighted by Gasteiger charge is -2.34.